The largest absolute Gasteiger partial charge is 0.415 e. The van der Waals surface area contributed by atoms with Crippen molar-refractivity contribution in [3.05, 3.63) is 12.2 Å². The summed E-state index contributed by atoms with van der Waals surface area (Å²) in [6, 6.07) is 0. The van der Waals surface area contributed by atoms with Crippen LogP contribution in [0.2, 0.25) is 16.6 Å². The standard InChI is InChI=1S/C28H54O4Si/c1-22(2)33(23(3)4,24(5)6)30-21-25(7)13-10-15-27-17-12-19-28(32-27)18-11-16-26(31-28)14-8-9-20-29/h10,13,22-27,29H,8-9,11-12,14-21H2,1-7H3/b13-10+/t25-,26+,27+,28-/m0/s1. The van der Waals surface area contributed by atoms with Gasteiger partial charge in [0, 0.05) is 26.1 Å². The maximum absolute atomic E-state index is 9.06. The summed E-state index contributed by atoms with van der Waals surface area (Å²) in [5.41, 5.74) is 1.88. The quantitative estimate of drug-likeness (QED) is 0.165. The fraction of sp³-hybridized carbons (Fsp3) is 0.929. The molecule has 0 aliphatic carbocycles. The predicted molar refractivity (Wildman–Crippen MR) is 141 cm³/mol. The van der Waals surface area contributed by atoms with Crippen LogP contribution >= 0.6 is 0 Å². The van der Waals surface area contributed by atoms with Gasteiger partial charge >= 0.3 is 0 Å². The van der Waals surface area contributed by atoms with Crippen LogP contribution in [0.25, 0.3) is 0 Å². The zero-order valence-corrected chi connectivity index (χ0v) is 23.8. The molecule has 2 heterocycles. The van der Waals surface area contributed by atoms with Crippen LogP contribution in [-0.2, 0) is 13.9 Å². The molecule has 4 nitrogen and oxygen atoms in total. The van der Waals surface area contributed by atoms with Crippen molar-refractivity contribution < 1.29 is 19.0 Å². The summed E-state index contributed by atoms with van der Waals surface area (Å²) in [4.78, 5) is 0. The Kier molecular flexibility index (Phi) is 12.1. The molecule has 1 spiro atoms. The lowest BCUT2D eigenvalue weighted by molar-refractivity contribution is -0.314. The maximum atomic E-state index is 9.06. The Morgan fingerprint density at radius 1 is 0.909 bits per heavy atom. The molecule has 0 aromatic carbocycles. The lowest BCUT2D eigenvalue weighted by Gasteiger charge is -2.46. The Morgan fingerprint density at radius 2 is 1.48 bits per heavy atom. The summed E-state index contributed by atoms with van der Waals surface area (Å²) in [5.74, 6) is 0.0671. The van der Waals surface area contributed by atoms with Crippen LogP contribution in [0.3, 0.4) is 0 Å². The molecule has 0 saturated carbocycles. The predicted octanol–water partition coefficient (Wildman–Crippen LogP) is 7.76. The SMILES string of the molecule is CC(C)[Si](OC[C@@H](C)/C=C/C[C@@H]1CCC[C@]2(CCC[C@@H](CCCCO)O2)O1)(C(C)C)C(C)C. The first kappa shape index (κ1) is 29.0. The third-order valence-corrected chi connectivity index (χ3v) is 14.1. The molecule has 5 heteroatoms. The van der Waals surface area contributed by atoms with Gasteiger partial charge in [-0.25, -0.2) is 0 Å². The van der Waals surface area contributed by atoms with Crippen molar-refractivity contribution in [2.75, 3.05) is 13.2 Å². The van der Waals surface area contributed by atoms with Gasteiger partial charge in [-0.15, -0.1) is 0 Å². The molecule has 4 atom stereocenters. The molecule has 1 N–H and O–H groups in total. The first-order chi connectivity index (χ1) is 15.6. The molecule has 0 aromatic rings. The second-order valence-electron chi connectivity index (χ2n) is 11.7. The number of rotatable bonds is 13. The number of aliphatic hydroxyl groups excluding tert-OH is 1. The van der Waals surface area contributed by atoms with Crippen LogP contribution in [-0.4, -0.2) is 44.6 Å². The van der Waals surface area contributed by atoms with Gasteiger partial charge in [0.15, 0.2) is 14.1 Å². The molecule has 0 bridgehead atoms. The summed E-state index contributed by atoms with van der Waals surface area (Å²) < 4.78 is 19.9. The highest BCUT2D eigenvalue weighted by molar-refractivity contribution is 6.77. The highest BCUT2D eigenvalue weighted by Crippen LogP contribution is 2.43. The Labute approximate surface area is 206 Å². The third kappa shape index (κ3) is 8.17. The van der Waals surface area contributed by atoms with Crippen molar-refractivity contribution in [1.82, 2.24) is 0 Å². The van der Waals surface area contributed by atoms with Gasteiger partial charge in [-0.05, 0) is 73.9 Å². The summed E-state index contributed by atoms with van der Waals surface area (Å²) in [7, 11) is -1.80. The summed E-state index contributed by atoms with van der Waals surface area (Å²) in [5, 5.41) is 9.06. The van der Waals surface area contributed by atoms with Gasteiger partial charge in [-0.3, -0.25) is 0 Å². The smallest absolute Gasteiger partial charge is 0.200 e. The van der Waals surface area contributed by atoms with Crippen LogP contribution in [0.15, 0.2) is 12.2 Å². The van der Waals surface area contributed by atoms with Crippen molar-refractivity contribution in [2.45, 2.75) is 147 Å². The van der Waals surface area contributed by atoms with Gasteiger partial charge < -0.3 is 19.0 Å². The van der Waals surface area contributed by atoms with Crippen molar-refractivity contribution in [2.24, 2.45) is 5.92 Å². The van der Waals surface area contributed by atoms with Crippen LogP contribution in [0.5, 0.6) is 0 Å². The first-order valence-electron chi connectivity index (χ1n) is 13.9. The summed E-state index contributed by atoms with van der Waals surface area (Å²) in [6.07, 6.45) is 15.8. The molecule has 2 aliphatic heterocycles. The van der Waals surface area contributed by atoms with Gasteiger partial charge in [-0.1, -0.05) is 60.6 Å². The number of ether oxygens (including phenoxy) is 2. The van der Waals surface area contributed by atoms with E-state index in [0.717, 1.165) is 58.0 Å². The molecule has 194 valence electrons. The molecular formula is C28H54O4Si. The molecule has 2 rings (SSSR count). The highest BCUT2D eigenvalue weighted by atomic mass is 28.4. The van der Waals surface area contributed by atoms with Gasteiger partial charge in [0.05, 0.1) is 12.2 Å². The molecule has 2 fully saturated rings. The zero-order valence-electron chi connectivity index (χ0n) is 22.8. The normalized spacial score (nSPS) is 28.0. The second-order valence-corrected chi connectivity index (χ2v) is 17.1. The Hall–Kier alpha value is -0.203. The van der Waals surface area contributed by atoms with Gasteiger partial charge in [0.25, 0.3) is 0 Å². The minimum Gasteiger partial charge on any atom is -0.415 e. The number of aliphatic hydroxyl groups is 1. The van der Waals surface area contributed by atoms with E-state index in [1.54, 1.807) is 0 Å². The van der Waals surface area contributed by atoms with E-state index in [4.69, 9.17) is 19.0 Å². The topological polar surface area (TPSA) is 47.9 Å². The molecule has 2 aliphatic rings. The third-order valence-electron chi connectivity index (χ3n) is 8.03. The van der Waals surface area contributed by atoms with Crippen molar-refractivity contribution in [3.8, 4) is 0 Å². The molecule has 0 amide bonds. The Morgan fingerprint density at radius 3 is 2.06 bits per heavy atom. The highest BCUT2D eigenvalue weighted by Gasteiger charge is 2.45. The van der Waals surface area contributed by atoms with E-state index in [-0.39, 0.29) is 18.5 Å². The summed E-state index contributed by atoms with van der Waals surface area (Å²) in [6.45, 7) is 17.5. The fourth-order valence-corrected chi connectivity index (χ4v) is 12.0. The van der Waals surface area contributed by atoms with E-state index in [2.05, 4.69) is 60.6 Å². The van der Waals surface area contributed by atoms with E-state index >= 15 is 0 Å². The van der Waals surface area contributed by atoms with Gasteiger partial charge in [-0.2, -0.15) is 0 Å². The molecule has 0 radical (unpaired) electrons. The minimum atomic E-state index is -1.80. The van der Waals surface area contributed by atoms with E-state index in [9.17, 15) is 0 Å². The van der Waals surface area contributed by atoms with E-state index in [0.29, 0.717) is 28.6 Å². The van der Waals surface area contributed by atoms with Crippen molar-refractivity contribution >= 4 is 8.32 Å². The van der Waals surface area contributed by atoms with Crippen molar-refractivity contribution in [3.63, 3.8) is 0 Å². The maximum Gasteiger partial charge on any atom is 0.200 e. The van der Waals surface area contributed by atoms with Crippen LogP contribution < -0.4 is 0 Å². The van der Waals surface area contributed by atoms with Crippen molar-refractivity contribution in [1.29, 1.82) is 0 Å². The average Bonchev–Trinajstić information content (AvgIpc) is 2.74. The molecule has 0 unspecified atom stereocenters. The Balaban J connectivity index is 1.84. The van der Waals surface area contributed by atoms with Gasteiger partial charge in [0.2, 0.25) is 0 Å². The zero-order chi connectivity index (χ0) is 24.5. The van der Waals surface area contributed by atoms with E-state index in [1.807, 2.05) is 0 Å². The van der Waals surface area contributed by atoms with E-state index in [1.165, 1.54) is 12.8 Å². The second kappa shape index (κ2) is 13.8. The molecule has 2 saturated heterocycles. The number of unbranched alkanes of at least 4 members (excludes halogenated alkanes) is 1. The van der Waals surface area contributed by atoms with Gasteiger partial charge in [0.1, 0.15) is 0 Å². The van der Waals surface area contributed by atoms with Crippen LogP contribution in [0, 0.1) is 5.92 Å². The molecule has 0 aromatic heterocycles. The van der Waals surface area contributed by atoms with Crippen LogP contribution in [0.1, 0.15) is 113 Å². The minimum absolute atomic E-state index is 0.259. The lowest BCUT2D eigenvalue weighted by atomic mass is 9.91. The number of hydrogen-bond acceptors (Lipinski definition) is 4. The van der Waals surface area contributed by atoms with E-state index < -0.39 is 8.32 Å². The first-order valence-corrected chi connectivity index (χ1v) is 16.1. The fourth-order valence-electron chi connectivity index (χ4n) is 6.46. The van der Waals surface area contributed by atoms with Crippen LogP contribution in [0.4, 0.5) is 0 Å². The Bertz CT molecular complexity index is 550. The lowest BCUT2D eigenvalue weighted by Crippen LogP contribution is -2.48. The molecular weight excluding hydrogens is 428 g/mol. The molecule has 33 heavy (non-hydrogen) atoms. The number of hydrogen-bond donors (Lipinski definition) is 1. The average molecular weight is 483 g/mol. The summed E-state index contributed by atoms with van der Waals surface area (Å²) >= 11 is 0. The monoisotopic (exact) mass is 482 g/mol.